The number of hydrogen-bond donors (Lipinski definition) is 2. The fourth-order valence-electron chi connectivity index (χ4n) is 2.30. The predicted molar refractivity (Wildman–Crippen MR) is 63.6 cm³/mol. The zero-order valence-corrected chi connectivity index (χ0v) is 9.37. The molecule has 1 aliphatic carbocycles. The van der Waals surface area contributed by atoms with E-state index in [4.69, 9.17) is 5.73 Å². The minimum atomic E-state index is 0.218. The average Bonchev–Trinajstić information content (AvgIpc) is 2.24. The van der Waals surface area contributed by atoms with Crippen molar-refractivity contribution < 1.29 is 0 Å². The van der Waals surface area contributed by atoms with Crippen LogP contribution in [0.15, 0.2) is 30.3 Å². The van der Waals surface area contributed by atoms with Crippen molar-refractivity contribution in [3.63, 3.8) is 0 Å². The molecule has 2 heteroatoms. The summed E-state index contributed by atoms with van der Waals surface area (Å²) in [5, 5.41) is 3.67. The van der Waals surface area contributed by atoms with Crippen molar-refractivity contribution in [1.82, 2.24) is 5.32 Å². The van der Waals surface area contributed by atoms with Crippen LogP contribution in [-0.2, 0) is 0 Å². The summed E-state index contributed by atoms with van der Waals surface area (Å²) < 4.78 is 0. The second-order valence-electron chi connectivity index (χ2n) is 4.61. The Morgan fingerprint density at radius 1 is 1.33 bits per heavy atom. The molecule has 1 atom stereocenters. The lowest BCUT2D eigenvalue weighted by Gasteiger charge is -2.44. The van der Waals surface area contributed by atoms with Gasteiger partial charge in [-0.25, -0.2) is 0 Å². The van der Waals surface area contributed by atoms with E-state index in [9.17, 15) is 0 Å². The van der Waals surface area contributed by atoms with E-state index in [-0.39, 0.29) is 5.54 Å². The quantitative estimate of drug-likeness (QED) is 0.789. The third kappa shape index (κ3) is 2.21. The highest BCUT2D eigenvalue weighted by molar-refractivity contribution is 5.19. The van der Waals surface area contributed by atoms with E-state index in [0.717, 1.165) is 6.54 Å². The highest BCUT2D eigenvalue weighted by atomic mass is 15.0. The number of rotatable bonds is 4. The summed E-state index contributed by atoms with van der Waals surface area (Å²) in [6.45, 7) is 2.97. The summed E-state index contributed by atoms with van der Waals surface area (Å²) in [6, 6.07) is 11.0. The Bertz CT molecular complexity index is 298. The molecule has 2 nitrogen and oxygen atoms in total. The molecule has 0 spiro atoms. The molecule has 3 N–H and O–H groups in total. The largest absolute Gasteiger partial charge is 0.329 e. The van der Waals surface area contributed by atoms with Gasteiger partial charge in [0.15, 0.2) is 0 Å². The molecular weight excluding hydrogens is 184 g/mol. The standard InChI is InChI=1S/C13H20N2/c1-11(12-6-3-2-4-7-12)15-13(10-14)8-5-9-13/h2-4,6-7,11,15H,5,8-10,14H2,1H3. The van der Waals surface area contributed by atoms with Gasteiger partial charge < -0.3 is 11.1 Å². The molecule has 1 aromatic rings. The van der Waals surface area contributed by atoms with Gasteiger partial charge in [-0.3, -0.25) is 0 Å². The van der Waals surface area contributed by atoms with Crippen LogP contribution in [0.25, 0.3) is 0 Å². The molecular formula is C13H20N2. The van der Waals surface area contributed by atoms with Gasteiger partial charge in [0.1, 0.15) is 0 Å². The molecule has 0 amide bonds. The van der Waals surface area contributed by atoms with Crippen molar-refractivity contribution in [2.75, 3.05) is 6.54 Å². The molecule has 2 rings (SSSR count). The van der Waals surface area contributed by atoms with Crippen LogP contribution in [0.1, 0.15) is 37.8 Å². The maximum atomic E-state index is 5.83. The minimum absolute atomic E-state index is 0.218. The summed E-state index contributed by atoms with van der Waals surface area (Å²) in [6.07, 6.45) is 3.76. The first-order valence-corrected chi connectivity index (χ1v) is 5.78. The van der Waals surface area contributed by atoms with Gasteiger partial charge in [0.05, 0.1) is 0 Å². The van der Waals surface area contributed by atoms with Crippen molar-refractivity contribution >= 4 is 0 Å². The van der Waals surface area contributed by atoms with Gasteiger partial charge in [0.25, 0.3) is 0 Å². The van der Waals surface area contributed by atoms with E-state index in [0.29, 0.717) is 6.04 Å². The normalized spacial score (nSPS) is 20.7. The van der Waals surface area contributed by atoms with Gasteiger partial charge >= 0.3 is 0 Å². The summed E-state index contributed by atoms with van der Waals surface area (Å²) in [7, 11) is 0. The van der Waals surface area contributed by atoms with Crippen LogP contribution in [0.5, 0.6) is 0 Å². The first kappa shape index (κ1) is 10.7. The summed E-state index contributed by atoms with van der Waals surface area (Å²) in [4.78, 5) is 0. The topological polar surface area (TPSA) is 38.0 Å². The summed E-state index contributed by atoms with van der Waals surface area (Å²) in [5.41, 5.74) is 7.39. The lowest BCUT2D eigenvalue weighted by Crippen LogP contribution is -2.56. The average molecular weight is 204 g/mol. The van der Waals surface area contributed by atoms with E-state index in [1.807, 2.05) is 0 Å². The Labute approximate surface area is 91.9 Å². The third-order valence-electron chi connectivity index (χ3n) is 3.52. The Morgan fingerprint density at radius 3 is 2.47 bits per heavy atom. The second kappa shape index (κ2) is 4.33. The first-order chi connectivity index (χ1) is 7.26. The smallest absolute Gasteiger partial charge is 0.0309 e. The van der Waals surface area contributed by atoms with Gasteiger partial charge in [-0.15, -0.1) is 0 Å². The van der Waals surface area contributed by atoms with Crippen molar-refractivity contribution in [2.24, 2.45) is 5.73 Å². The summed E-state index contributed by atoms with van der Waals surface area (Å²) in [5.74, 6) is 0. The van der Waals surface area contributed by atoms with Crippen LogP contribution in [0.4, 0.5) is 0 Å². The molecule has 0 saturated heterocycles. The monoisotopic (exact) mass is 204 g/mol. The molecule has 1 aliphatic rings. The van der Waals surface area contributed by atoms with E-state index in [1.165, 1.54) is 24.8 Å². The third-order valence-corrected chi connectivity index (χ3v) is 3.52. The lowest BCUT2D eigenvalue weighted by molar-refractivity contribution is 0.175. The van der Waals surface area contributed by atoms with Crippen LogP contribution in [-0.4, -0.2) is 12.1 Å². The van der Waals surface area contributed by atoms with Crippen LogP contribution in [0.3, 0.4) is 0 Å². The minimum Gasteiger partial charge on any atom is -0.329 e. The molecule has 1 aromatic carbocycles. The zero-order valence-electron chi connectivity index (χ0n) is 9.37. The molecule has 1 fully saturated rings. The highest BCUT2D eigenvalue weighted by Gasteiger charge is 2.36. The van der Waals surface area contributed by atoms with E-state index in [1.54, 1.807) is 0 Å². The number of benzene rings is 1. The molecule has 0 heterocycles. The Morgan fingerprint density at radius 2 is 2.00 bits per heavy atom. The van der Waals surface area contributed by atoms with E-state index < -0.39 is 0 Å². The number of hydrogen-bond acceptors (Lipinski definition) is 2. The van der Waals surface area contributed by atoms with Crippen molar-refractivity contribution in [3.05, 3.63) is 35.9 Å². The summed E-state index contributed by atoms with van der Waals surface area (Å²) >= 11 is 0. The Hall–Kier alpha value is -0.860. The van der Waals surface area contributed by atoms with E-state index in [2.05, 4.69) is 42.6 Å². The molecule has 0 radical (unpaired) electrons. The van der Waals surface area contributed by atoms with Crippen LogP contribution in [0.2, 0.25) is 0 Å². The van der Waals surface area contributed by atoms with Gasteiger partial charge in [0, 0.05) is 18.1 Å². The molecule has 0 aromatic heterocycles. The second-order valence-corrected chi connectivity index (χ2v) is 4.61. The van der Waals surface area contributed by atoms with E-state index >= 15 is 0 Å². The maximum absolute atomic E-state index is 5.83. The molecule has 0 aliphatic heterocycles. The SMILES string of the molecule is CC(NC1(CN)CCC1)c1ccccc1. The number of nitrogens with two attached hydrogens (primary N) is 1. The van der Waals surface area contributed by atoms with Gasteiger partial charge in [-0.05, 0) is 31.7 Å². The van der Waals surface area contributed by atoms with Gasteiger partial charge in [-0.1, -0.05) is 30.3 Å². The lowest BCUT2D eigenvalue weighted by atomic mass is 9.76. The molecule has 1 unspecified atom stereocenters. The van der Waals surface area contributed by atoms with Crippen molar-refractivity contribution in [1.29, 1.82) is 0 Å². The fourth-order valence-corrected chi connectivity index (χ4v) is 2.30. The molecule has 15 heavy (non-hydrogen) atoms. The fraction of sp³-hybridized carbons (Fsp3) is 0.538. The van der Waals surface area contributed by atoms with Crippen molar-refractivity contribution in [3.8, 4) is 0 Å². The van der Waals surface area contributed by atoms with Gasteiger partial charge in [0.2, 0.25) is 0 Å². The highest BCUT2D eigenvalue weighted by Crippen LogP contribution is 2.33. The van der Waals surface area contributed by atoms with Crippen LogP contribution >= 0.6 is 0 Å². The Kier molecular flexibility index (Phi) is 3.08. The molecule has 0 bridgehead atoms. The number of nitrogens with one attached hydrogen (secondary N) is 1. The van der Waals surface area contributed by atoms with Crippen LogP contribution in [0, 0.1) is 0 Å². The zero-order chi connectivity index (χ0) is 10.7. The molecule has 1 saturated carbocycles. The maximum Gasteiger partial charge on any atom is 0.0309 e. The first-order valence-electron chi connectivity index (χ1n) is 5.78. The van der Waals surface area contributed by atoms with Crippen LogP contribution < -0.4 is 11.1 Å². The Balaban J connectivity index is 2.00. The van der Waals surface area contributed by atoms with Gasteiger partial charge in [-0.2, -0.15) is 0 Å². The molecule has 82 valence electrons. The predicted octanol–water partition coefficient (Wildman–Crippen LogP) is 2.22. The van der Waals surface area contributed by atoms with Crippen molar-refractivity contribution in [2.45, 2.75) is 37.8 Å².